The summed E-state index contributed by atoms with van der Waals surface area (Å²) in [6.07, 6.45) is 2.21. The van der Waals surface area contributed by atoms with Gasteiger partial charge >= 0.3 is 0 Å². The Morgan fingerprint density at radius 1 is 1.33 bits per heavy atom. The highest BCUT2D eigenvalue weighted by molar-refractivity contribution is 6.33. The molecule has 1 atom stereocenters. The minimum absolute atomic E-state index is 0.435. The Bertz CT molecular complexity index is 412. The summed E-state index contributed by atoms with van der Waals surface area (Å²) in [5, 5.41) is 4.29. The molecule has 0 saturated heterocycles. The summed E-state index contributed by atoms with van der Waals surface area (Å²) < 4.78 is 5.27. The van der Waals surface area contributed by atoms with Crippen molar-refractivity contribution in [1.82, 2.24) is 5.32 Å². The van der Waals surface area contributed by atoms with Gasteiger partial charge in [-0.25, -0.2) is 0 Å². The van der Waals surface area contributed by atoms with Crippen molar-refractivity contribution >= 4 is 17.3 Å². The Kier molecular flexibility index (Phi) is 8.74. The SMILES string of the molecule is CCCNCc1cccc(Cl)c1N(CCOC)C(C)CC. The smallest absolute Gasteiger partial charge is 0.0643 e. The lowest BCUT2D eigenvalue weighted by Gasteiger charge is -2.33. The van der Waals surface area contributed by atoms with E-state index < -0.39 is 0 Å². The molecule has 0 aliphatic heterocycles. The lowest BCUT2D eigenvalue weighted by Crippen LogP contribution is -2.36. The molecule has 1 aromatic carbocycles. The van der Waals surface area contributed by atoms with E-state index in [4.69, 9.17) is 16.3 Å². The summed E-state index contributed by atoms with van der Waals surface area (Å²) in [6, 6.07) is 6.60. The quantitative estimate of drug-likeness (QED) is 0.659. The molecule has 0 aliphatic carbocycles. The first-order valence-electron chi connectivity index (χ1n) is 7.89. The van der Waals surface area contributed by atoms with Gasteiger partial charge in [-0.3, -0.25) is 0 Å². The lowest BCUT2D eigenvalue weighted by atomic mass is 10.1. The Balaban J connectivity index is 3.03. The van der Waals surface area contributed by atoms with Crippen molar-refractivity contribution in [2.24, 2.45) is 0 Å². The summed E-state index contributed by atoms with van der Waals surface area (Å²) in [4.78, 5) is 2.37. The molecule has 120 valence electrons. The summed E-state index contributed by atoms with van der Waals surface area (Å²) in [6.45, 7) is 10.1. The first-order chi connectivity index (χ1) is 10.2. The van der Waals surface area contributed by atoms with Crippen molar-refractivity contribution in [3.8, 4) is 0 Å². The van der Waals surface area contributed by atoms with E-state index in [2.05, 4.69) is 37.1 Å². The van der Waals surface area contributed by atoms with E-state index in [9.17, 15) is 0 Å². The van der Waals surface area contributed by atoms with Crippen molar-refractivity contribution in [3.05, 3.63) is 28.8 Å². The molecule has 0 amide bonds. The molecule has 4 heteroatoms. The van der Waals surface area contributed by atoms with Crippen LogP contribution in [0.4, 0.5) is 5.69 Å². The normalized spacial score (nSPS) is 12.4. The van der Waals surface area contributed by atoms with Gasteiger partial charge in [0.05, 0.1) is 17.3 Å². The maximum absolute atomic E-state index is 6.51. The van der Waals surface area contributed by atoms with E-state index in [1.165, 1.54) is 5.56 Å². The van der Waals surface area contributed by atoms with Gasteiger partial charge in [0.2, 0.25) is 0 Å². The van der Waals surface area contributed by atoms with Gasteiger partial charge in [0.15, 0.2) is 0 Å². The second kappa shape index (κ2) is 10.0. The van der Waals surface area contributed by atoms with Gasteiger partial charge in [-0.05, 0) is 37.9 Å². The van der Waals surface area contributed by atoms with Crippen LogP contribution in [0.15, 0.2) is 18.2 Å². The molecular formula is C17H29ClN2O. The standard InChI is InChI=1S/C17H29ClN2O/c1-5-10-19-13-15-8-7-9-16(18)17(15)20(11-12-21-4)14(3)6-2/h7-9,14,19H,5-6,10-13H2,1-4H3. The molecule has 3 nitrogen and oxygen atoms in total. The number of hydrogen-bond acceptors (Lipinski definition) is 3. The fourth-order valence-electron chi connectivity index (χ4n) is 2.39. The van der Waals surface area contributed by atoms with E-state index in [1.807, 2.05) is 12.1 Å². The fraction of sp³-hybridized carbons (Fsp3) is 0.647. The van der Waals surface area contributed by atoms with Gasteiger partial charge in [-0.2, -0.15) is 0 Å². The molecule has 1 unspecified atom stereocenters. The van der Waals surface area contributed by atoms with Crippen LogP contribution >= 0.6 is 11.6 Å². The second-order valence-corrected chi connectivity index (χ2v) is 5.78. The molecule has 0 heterocycles. The lowest BCUT2D eigenvalue weighted by molar-refractivity contribution is 0.203. The number of benzene rings is 1. The van der Waals surface area contributed by atoms with Gasteiger partial charge in [0.25, 0.3) is 0 Å². The Morgan fingerprint density at radius 2 is 2.10 bits per heavy atom. The van der Waals surface area contributed by atoms with E-state index >= 15 is 0 Å². The van der Waals surface area contributed by atoms with Crippen LogP contribution in [0.1, 0.15) is 39.2 Å². The topological polar surface area (TPSA) is 24.5 Å². The van der Waals surface area contributed by atoms with Gasteiger partial charge in [-0.15, -0.1) is 0 Å². The number of nitrogens with zero attached hydrogens (tertiary/aromatic N) is 1. The molecule has 0 aromatic heterocycles. The zero-order valence-corrected chi connectivity index (χ0v) is 14.5. The number of ether oxygens (including phenoxy) is 1. The molecule has 0 saturated carbocycles. The van der Waals surface area contributed by atoms with Crippen LogP contribution in [0, 0.1) is 0 Å². The second-order valence-electron chi connectivity index (χ2n) is 5.37. The van der Waals surface area contributed by atoms with E-state index in [0.717, 1.165) is 43.2 Å². The maximum Gasteiger partial charge on any atom is 0.0643 e. The average Bonchev–Trinajstić information content (AvgIpc) is 2.49. The maximum atomic E-state index is 6.51. The highest BCUT2D eigenvalue weighted by Crippen LogP contribution is 2.32. The molecule has 21 heavy (non-hydrogen) atoms. The van der Waals surface area contributed by atoms with Crippen LogP contribution in [0.3, 0.4) is 0 Å². The number of para-hydroxylation sites is 1. The van der Waals surface area contributed by atoms with Crippen LogP contribution in [0.2, 0.25) is 5.02 Å². The highest BCUT2D eigenvalue weighted by atomic mass is 35.5. The zero-order chi connectivity index (χ0) is 15.7. The van der Waals surface area contributed by atoms with Crippen LogP contribution in [0.5, 0.6) is 0 Å². The number of rotatable bonds is 10. The third kappa shape index (κ3) is 5.50. The Labute approximate surface area is 134 Å². The number of hydrogen-bond donors (Lipinski definition) is 1. The summed E-state index contributed by atoms with van der Waals surface area (Å²) in [5.74, 6) is 0. The minimum Gasteiger partial charge on any atom is -0.383 e. The third-order valence-corrected chi connectivity index (χ3v) is 4.06. The molecule has 0 radical (unpaired) electrons. The van der Waals surface area contributed by atoms with Crippen LogP contribution < -0.4 is 10.2 Å². The minimum atomic E-state index is 0.435. The van der Waals surface area contributed by atoms with Gasteiger partial charge < -0.3 is 15.0 Å². The number of halogens is 1. The molecule has 0 aliphatic rings. The first-order valence-corrected chi connectivity index (χ1v) is 8.27. The van der Waals surface area contributed by atoms with Crippen molar-refractivity contribution in [2.75, 3.05) is 31.7 Å². The van der Waals surface area contributed by atoms with Crippen molar-refractivity contribution in [1.29, 1.82) is 0 Å². The molecule has 1 N–H and O–H groups in total. The van der Waals surface area contributed by atoms with Crippen LogP contribution in [-0.2, 0) is 11.3 Å². The first kappa shape index (κ1) is 18.3. The van der Waals surface area contributed by atoms with E-state index in [1.54, 1.807) is 7.11 Å². The molecule has 0 fully saturated rings. The van der Waals surface area contributed by atoms with Crippen molar-refractivity contribution in [3.63, 3.8) is 0 Å². The third-order valence-electron chi connectivity index (χ3n) is 3.76. The molecule has 1 aromatic rings. The van der Waals surface area contributed by atoms with Gasteiger partial charge in [-0.1, -0.05) is 37.6 Å². The molecule has 1 rings (SSSR count). The number of anilines is 1. The van der Waals surface area contributed by atoms with E-state index in [-0.39, 0.29) is 0 Å². The fourth-order valence-corrected chi connectivity index (χ4v) is 2.69. The van der Waals surface area contributed by atoms with Crippen molar-refractivity contribution < 1.29 is 4.74 Å². The Hall–Kier alpha value is -0.770. The largest absolute Gasteiger partial charge is 0.383 e. The molecule has 0 spiro atoms. The predicted octanol–water partition coefficient (Wildman–Crippen LogP) is 4.09. The zero-order valence-electron chi connectivity index (χ0n) is 13.8. The molecule has 0 bridgehead atoms. The summed E-state index contributed by atoms with van der Waals surface area (Å²) >= 11 is 6.51. The Morgan fingerprint density at radius 3 is 2.71 bits per heavy atom. The van der Waals surface area contributed by atoms with Gasteiger partial charge in [0.1, 0.15) is 0 Å². The monoisotopic (exact) mass is 312 g/mol. The molecular weight excluding hydrogens is 284 g/mol. The van der Waals surface area contributed by atoms with Crippen molar-refractivity contribution in [2.45, 2.75) is 46.2 Å². The van der Waals surface area contributed by atoms with E-state index in [0.29, 0.717) is 12.6 Å². The summed E-state index contributed by atoms with van der Waals surface area (Å²) in [5.41, 5.74) is 2.40. The predicted molar refractivity (Wildman–Crippen MR) is 92.4 cm³/mol. The summed E-state index contributed by atoms with van der Waals surface area (Å²) in [7, 11) is 1.74. The number of nitrogens with one attached hydrogen (secondary N) is 1. The number of methoxy groups -OCH3 is 1. The average molecular weight is 313 g/mol. The van der Waals surface area contributed by atoms with Gasteiger partial charge in [0, 0.05) is 26.2 Å². The van der Waals surface area contributed by atoms with Crippen LogP contribution in [0.25, 0.3) is 0 Å². The van der Waals surface area contributed by atoms with Crippen LogP contribution in [-0.4, -0.2) is 32.8 Å². The highest BCUT2D eigenvalue weighted by Gasteiger charge is 2.18.